The molecule has 1 aliphatic heterocycles. The summed E-state index contributed by atoms with van der Waals surface area (Å²) in [5.41, 5.74) is 3.44. The Labute approximate surface area is 181 Å². The number of carbonyl (C=O) groups excluding carboxylic acids is 1. The van der Waals surface area contributed by atoms with Gasteiger partial charge >= 0.3 is 0 Å². The zero-order valence-electron chi connectivity index (χ0n) is 17.2. The van der Waals surface area contributed by atoms with Gasteiger partial charge in [0.15, 0.2) is 0 Å². The van der Waals surface area contributed by atoms with E-state index >= 15 is 0 Å². The molecule has 4 rings (SSSR count). The number of piperazine rings is 1. The molecule has 0 aromatic heterocycles. The van der Waals surface area contributed by atoms with Crippen LogP contribution in [0.1, 0.15) is 21.5 Å². The largest absolute Gasteiger partial charge is 0.369 e. The van der Waals surface area contributed by atoms with Gasteiger partial charge in [-0.15, -0.1) is 0 Å². The van der Waals surface area contributed by atoms with Crippen LogP contribution >= 0.6 is 0 Å². The van der Waals surface area contributed by atoms with Crippen molar-refractivity contribution in [1.82, 2.24) is 10.2 Å². The average molecular weight is 421 g/mol. The van der Waals surface area contributed by atoms with Gasteiger partial charge in [-0.25, -0.2) is 8.78 Å². The average Bonchev–Trinajstić information content (AvgIpc) is 2.79. The number of halogens is 2. The number of amides is 1. The monoisotopic (exact) mass is 421 g/mol. The molecule has 1 aliphatic rings. The van der Waals surface area contributed by atoms with Gasteiger partial charge < -0.3 is 10.2 Å². The Morgan fingerprint density at radius 2 is 1.52 bits per heavy atom. The summed E-state index contributed by atoms with van der Waals surface area (Å²) in [5.74, 6) is -0.706. The Bertz CT molecular complexity index is 1030. The molecule has 1 heterocycles. The predicted molar refractivity (Wildman–Crippen MR) is 118 cm³/mol. The van der Waals surface area contributed by atoms with E-state index in [0.29, 0.717) is 5.56 Å². The molecule has 4 nitrogen and oxygen atoms in total. The molecule has 0 spiro atoms. The summed E-state index contributed by atoms with van der Waals surface area (Å²) in [4.78, 5) is 17.1. The first-order chi connectivity index (χ1) is 15.1. The number of carbonyl (C=O) groups is 1. The van der Waals surface area contributed by atoms with Crippen molar-refractivity contribution in [2.24, 2.45) is 0 Å². The van der Waals surface area contributed by atoms with E-state index in [1.165, 1.54) is 24.3 Å². The number of rotatable bonds is 6. The molecule has 0 aliphatic carbocycles. The highest BCUT2D eigenvalue weighted by Gasteiger charge is 2.18. The summed E-state index contributed by atoms with van der Waals surface area (Å²) in [5, 5.41) is 2.85. The number of hydrogen-bond donors (Lipinski definition) is 1. The summed E-state index contributed by atoms with van der Waals surface area (Å²) in [6.07, 6.45) is 0. The minimum absolute atomic E-state index is 0.174. The van der Waals surface area contributed by atoms with Gasteiger partial charge in [-0.05, 0) is 59.7 Å². The first-order valence-electron chi connectivity index (χ1n) is 10.4. The standard InChI is InChI=1S/C25H25F2N3O/c26-22-7-9-24(10-8-22)30-13-11-29(12-14-30)18-20-4-1-5-21(15-20)25(31)28-17-19-3-2-6-23(27)16-19/h1-10,15-16H,11-14,17-18H2,(H,28,31). The van der Waals surface area contributed by atoms with Gasteiger partial charge in [0, 0.05) is 50.5 Å². The summed E-state index contributed by atoms with van der Waals surface area (Å²) in [6.45, 7) is 4.59. The van der Waals surface area contributed by atoms with Crippen LogP contribution in [-0.2, 0) is 13.1 Å². The van der Waals surface area contributed by atoms with Crippen LogP contribution in [0.2, 0.25) is 0 Å². The highest BCUT2D eigenvalue weighted by Crippen LogP contribution is 2.18. The molecule has 1 fully saturated rings. The van der Waals surface area contributed by atoms with E-state index in [9.17, 15) is 13.6 Å². The van der Waals surface area contributed by atoms with Crippen LogP contribution in [0, 0.1) is 11.6 Å². The second-order valence-corrected chi connectivity index (χ2v) is 7.75. The number of benzene rings is 3. The Morgan fingerprint density at radius 3 is 2.26 bits per heavy atom. The minimum atomic E-state index is -0.312. The van der Waals surface area contributed by atoms with Crippen molar-refractivity contribution in [1.29, 1.82) is 0 Å². The zero-order chi connectivity index (χ0) is 21.6. The topological polar surface area (TPSA) is 35.6 Å². The van der Waals surface area contributed by atoms with Gasteiger partial charge in [-0.3, -0.25) is 9.69 Å². The van der Waals surface area contributed by atoms with Crippen LogP contribution in [0.5, 0.6) is 0 Å². The van der Waals surface area contributed by atoms with Crippen LogP contribution in [0.25, 0.3) is 0 Å². The molecule has 1 N–H and O–H groups in total. The third kappa shape index (κ3) is 5.67. The van der Waals surface area contributed by atoms with Crippen LogP contribution in [0.15, 0.2) is 72.8 Å². The van der Waals surface area contributed by atoms with Gasteiger partial charge in [0.2, 0.25) is 0 Å². The van der Waals surface area contributed by atoms with E-state index < -0.39 is 0 Å². The number of nitrogens with one attached hydrogen (secondary N) is 1. The van der Waals surface area contributed by atoms with Crippen molar-refractivity contribution >= 4 is 11.6 Å². The molecule has 160 valence electrons. The highest BCUT2D eigenvalue weighted by molar-refractivity contribution is 5.94. The van der Waals surface area contributed by atoms with Crippen molar-refractivity contribution in [3.05, 3.63) is 101 Å². The van der Waals surface area contributed by atoms with Crippen LogP contribution < -0.4 is 10.2 Å². The molecule has 0 atom stereocenters. The summed E-state index contributed by atoms with van der Waals surface area (Å²) < 4.78 is 26.4. The molecule has 6 heteroatoms. The van der Waals surface area contributed by atoms with Gasteiger partial charge in [0.25, 0.3) is 5.91 Å². The van der Waals surface area contributed by atoms with Crippen molar-refractivity contribution in [3.63, 3.8) is 0 Å². The predicted octanol–water partition coefficient (Wildman–Crippen LogP) is 4.22. The van der Waals surface area contributed by atoms with Gasteiger partial charge in [-0.1, -0.05) is 24.3 Å². The second-order valence-electron chi connectivity index (χ2n) is 7.75. The molecule has 3 aromatic carbocycles. The van der Waals surface area contributed by atoms with Crippen molar-refractivity contribution in [2.75, 3.05) is 31.1 Å². The Kier molecular flexibility index (Phi) is 6.57. The number of anilines is 1. The second kappa shape index (κ2) is 9.71. The Hall–Kier alpha value is -3.25. The third-order valence-corrected chi connectivity index (χ3v) is 5.50. The molecule has 0 radical (unpaired) electrons. The summed E-state index contributed by atoms with van der Waals surface area (Å²) in [6, 6.07) is 20.4. The zero-order valence-corrected chi connectivity index (χ0v) is 17.2. The summed E-state index contributed by atoms with van der Waals surface area (Å²) in [7, 11) is 0. The molecular formula is C25H25F2N3O. The number of hydrogen-bond acceptors (Lipinski definition) is 3. The minimum Gasteiger partial charge on any atom is -0.369 e. The maximum atomic E-state index is 13.3. The fraction of sp³-hybridized carbons (Fsp3) is 0.240. The first kappa shape index (κ1) is 21.0. The van der Waals surface area contributed by atoms with Crippen molar-refractivity contribution in [3.8, 4) is 0 Å². The maximum absolute atomic E-state index is 13.3. The van der Waals surface area contributed by atoms with E-state index in [0.717, 1.165) is 49.5 Å². The molecule has 3 aromatic rings. The lowest BCUT2D eigenvalue weighted by Gasteiger charge is -2.36. The van der Waals surface area contributed by atoms with E-state index in [1.54, 1.807) is 18.2 Å². The lowest BCUT2D eigenvalue weighted by Crippen LogP contribution is -2.46. The Morgan fingerprint density at radius 1 is 0.806 bits per heavy atom. The van der Waals surface area contributed by atoms with Crippen LogP contribution in [0.4, 0.5) is 14.5 Å². The third-order valence-electron chi connectivity index (χ3n) is 5.50. The van der Waals surface area contributed by atoms with E-state index in [2.05, 4.69) is 15.1 Å². The lowest BCUT2D eigenvalue weighted by molar-refractivity contribution is 0.0950. The molecular weight excluding hydrogens is 396 g/mol. The maximum Gasteiger partial charge on any atom is 0.251 e. The fourth-order valence-corrected chi connectivity index (χ4v) is 3.82. The van der Waals surface area contributed by atoms with E-state index in [1.807, 2.05) is 30.3 Å². The van der Waals surface area contributed by atoms with Gasteiger partial charge in [0.05, 0.1) is 0 Å². The first-order valence-corrected chi connectivity index (χ1v) is 10.4. The van der Waals surface area contributed by atoms with Crippen LogP contribution in [-0.4, -0.2) is 37.0 Å². The van der Waals surface area contributed by atoms with Crippen LogP contribution in [0.3, 0.4) is 0 Å². The SMILES string of the molecule is O=C(NCc1cccc(F)c1)c1cccc(CN2CCN(c3ccc(F)cc3)CC2)c1. The quantitative estimate of drug-likeness (QED) is 0.648. The number of nitrogens with zero attached hydrogens (tertiary/aromatic N) is 2. The molecule has 1 amide bonds. The Balaban J connectivity index is 1.30. The lowest BCUT2D eigenvalue weighted by atomic mass is 10.1. The van der Waals surface area contributed by atoms with E-state index in [-0.39, 0.29) is 24.1 Å². The summed E-state index contributed by atoms with van der Waals surface area (Å²) >= 11 is 0. The van der Waals surface area contributed by atoms with Crippen molar-refractivity contribution in [2.45, 2.75) is 13.1 Å². The van der Waals surface area contributed by atoms with Gasteiger partial charge in [-0.2, -0.15) is 0 Å². The van der Waals surface area contributed by atoms with Crippen molar-refractivity contribution < 1.29 is 13.6 Å². The normalized spacial score (nSPS) is 14.5. The highest BCUT2D eigenvalue weighted by atomic mass is 19.1. The fourth-order valence-electron chi connectivity index (χ4n) is 3.82. The molecule has 0 bridgehead atoms. The molecule has 0 unspecified atom stereocenters. The molecule has 31 heavy (non-hydrogen) atoms. The van der Waals surface area contributed by atoms with Gasteiger partial charge in [0.1, 0.15) is 11.6 Å². The molecule has 0 saturated carbocycles. The smallest absolute Gasteiger partial charge is 0.251 e. The molecule has 1 saturated heterocycles. The van der Waals surface area contributed by atoms with E-state index in [4.69, 9.17) is 0 Å².